The molecule has 0 aliphatic carbocycles. The van der Waals surface area contributed by atoms with E-state index in [9.17, 15) is 8.42 Å². The Morgan fingerprint density at radius 2 is 1.78 bits per heavy atom. The summed E-state index contributed by atoms with van der Waals surface area (Å²) in [6.07, 6.45) is 0. The summed E-state index contributed by atoms with van der Waals surface area (Å²) < 4.78 is 24.5. The standard InChI is InChI=1S/C4H10N2O2S/c1-5(2)9(7,8)6-3-4-6/h3-4H2,1-2H3. The van der Waals surface area contributed by atoms with E-state index in [-0.39, 0.29) is 0 Å². The third-order valence-electron chi connectivity index (χ3n) is 1.19. The van der Waals surface area contributed by atoms with Gasteiger partial charge in [0.2, 0.25) is 0 Å². The minimum atomic E-state index is -3.04. The summed E-state index contributed by atoms with van der Waals surface area (Å²) in [6.45, 7) is 1.36. The fourth-order valence-electron chi connectivity index (χ4n) is 0.502. The van der Waals surface area contributed by atoms with E-state index < -0.39 is 10.2 Å². The summed E-state index contributed by atoms with van der Waals surface area (Å²) in [5, 5.41) is 0. The first-order chi connectivity index (χ1) is 4.05. The van der Waals surface area contributed by atoms with Crippen LogP contribution in [-0.4, -0.2) is 44.2 Å². The van der Waals surface area contributed by atoms with Crippen molar-refractivity contribution in [2.75, 3.05) is 27.2 Å². The summed E-state index contributed by atoms with van der Waals surface area (Å²) in [4.78, 5) is 0. The van der Waals surface area contributed by atoms with E-state index in [1.165, 1.54) is 22.7 Å². The third kappa shape index (κ3) is 1.23. The lowest BCUT2D eigenvalue weighted by atomic mass is 11.0. The van der Waals surface area contributed by atoms with Gasteiger partial charge in [0, 0.05) is 27.2 Å². The van der Waals surface area contributed by atoms with Gasteiger partial charge in [-0.25, -0.2) is 0 Å². The van der Waals surface area contributed by atoms with Crippen LogP contribution >= 0.6 is 0 Å². The van der Waals surface area contributed by atoms with Crippen LogP contribution in [0.2, 0.25) is 0 Å². The van der Waals surface area contributed by atoms with Crippen molar-refractivity contribution in [1.29, 1.82) is 0 Å². The van der Waals surface area contributed by atoms with Crippen LogP contribution in [0.4, 0.5) is 0 Å². The zero-order valence-electron chi connectivity index (χ0n) is 5.53. The Hall–Kier alpha value is -0.130. The van der Waals surface area contributed by atoms with E-state index >= 15 is 0 Å². The van der Waals surface area contributed by atoms with Gasteiger partial charge < -0.3 is 0 Å². The summed E-state index contributed by atoms with van der Waals surface area (Å²) in [6, 6.07) is 0. The fraction of sp³-hybridized carbons (Fsp3) is 1.00. The summed E-state index contributed by atoms with van der Waals surface area (Å²) in [5.74, 6) is 0. The van der Waals surface area contributed by atoms with E-state index in [1.54, 1.807) is 0 Å². The molecule has 1 heterocycles. The van der Waals surface area contributed by atoms with Gasteiger partial charge in [0.15, 0.2) is 0 Å². The molecule has 1 rings (SSSR count). The first-order valence-electron chi connectivity index (χ1n) is 2.73. The van der Waals surface area contributed by atoms with Crippen molar-refractivity contribution in [2.45, 2.75) is 0 Å². The van der Waals surface area contributed by atoms with E-state index in [2.05, 4.69) is 0 Å². The quantitative estimate of drug-likeness (QED) is 0.479. The SMILES string of the molecule is CN(C)S(=O)(=O)N1CC1. The van der Waals surface area contributed by atoms with E-state index in [1.807, 2.05) is 0 Å². The van der Waals surface area contributed by atoms with Gasteiger partial charge in [-0.2, -0.15) is 17.0 Å². The molecule has 4 nitrogen and oxygen atoms in total. The minimum Gasteiger partial charge on any atom is -0.195 e. The predicted molar refractivity (Wildman–Crippen MR) is 34.2 cm³/mol. The minimum absolute atomic E-state index is 0.681. The molecule has 0 bridgehead atoms. The predicted octanol–water partition coefficient (Wildman–Crippen LogP) is -0.892. The number of rotatable bonds is 2. The van der Waals surface area contributed by atoms with Crippen LogP contribution in [0.15, 0.2) is 0 Å². The van der Waals surface area contributed by atoms with Crippen molar-refractivity contribution in [3.63, 3.8) is 0 Å². The first kappa shape index (κ1) is 6.98. The molecule has 1 aliphatic rings. The Balaban J connectivity index is 2.73. The zero-order valence-corrected chi connectivity index (χ0v) is 6.35. The molecule has 0 unspecified atom stereocenters. The van der Waals surface area contributed by atoms with Crippen LogP contribution in [0.3, 0.4) is 0 Å². The van der Waals surface area contributed by atoms with E-state index in [0.717, 1.165) is 0 Å². The molecule has 5 heteroatoms. The van der Waals surface area contributed by atoms with Gasteiger partial charge in [0.25, 0.3) is 10.2 Å². The van der Waals surface area contributed by atoms with Crippen molar-refractivity contribution in [1.82, 2.24) is 8.61 Å². The smallest absolute Gasteiger partial charge is 0.195 e. The first-order valence-corrected chi connectivity index (χ1v) is 4.12. The average molecular weight is 150 g/mol. The van der Waals surface area contributed by atoms with Gasteiger partial charge in [-0.1, -0.05) is 0 Å². The second kappa shape index (κ2) is 1.93. The molecule has 54 valence electrons. The zero-order chi connectivity index (χ0) is 7.07. The second-order valence-corrected chi connectivity index (χ2v) is 4.33. The molecule has 0 radical (unpaired) electrons. The van der Waals surface area contributed by atoms with Crippen molar-refractivity contribution >= 4 is 10.2 Å². The molecule has 0 spiro atoms. The lowest BCUT2D eigenvalue weighted by Crippen LogP contribution is -2.28. The molecule has 1 aliphatic heterocycles. The highest BCUT2D eigenvalue weighted by Gasteiger charge is 2.33. The van der Waals surface area contributed by atoms with Crippen molar-refractivity contribution in [2.24, 2.45) is 0 Å². The monoisotopic (exact) mass is 150 g/mol. The Morgan fingerprint density at radius 3 is 1.89 bits per heavy atom. The molecular formula is C4H10N2O2S. The van der Waals surface area contributed by atoms with E-state index in [4.69, 9.17) is 0 Å². The highest BCUT2D eigenvalue weighted by atomic mass is 32.2. The van der Waals surface area contributed by atoms with Crippen LogP contribution < -0.4 is 0 Å². The molecule has 0 aromatic carbocycles. The molecule has 0 N–H and O–H groups in total. The van der Waals surface area contributed by atoms with Crippen LogP contribution in [-0.2, 0) is 10.2 Å². The van der Waals surface area contributed by atoms with Gasteiger partial charge in [0.05, 0.1) is 0 Å². The Morgan fingerprint density at radius 1 is 1.33 bits per heavy atom. The molecule has 0 saturated carbocycles. The Bertz CT molecular complexity index is 185. The fourth-order valence-corrected chi connectivity index (χ4v) is 1.51. The van der Waals surface area contributed by atoms with Crippen LogP contribution in [0.5, 0.6) is 0 Å². The lowest BCUT2D eigenvalue weighted by Gasteiger charge is -2.09. The Kier molecular flexibility index (Phi) is 1.50. The van der Waals surface area contributed by atoms with E-state index in [0.29, 0.717) is 13.1 Å². The molecule has 1 saturated heterocycles. The van der Waals surface area contributed by atoms with Crippen LogP contribution in [0.1, 0.15) is 0 Å². The maximum atomic E-state index is 10.9. The number of hydrogen-bond acceptors (Lipinski definition) is 2. The normalized spacial score (nSPS) is 20.8. The molecule has 0 atom stereocenters. The topological polar surface area (TPSA) is 40.4 Å². The number of hydrogen-bond donors (Lipinski definition) is 0. The summed E-state index contributed by atoms with van der Waals surface area (Å²) >= 11 is 0. The van der Waals surface area contributed by atoms with Gasteiger partial charge in [-0.05, 0) is 0 Å². The van der Waals surface area contributed by atoms with Gasteiger partial charge in [-0.15, -0.1) is 0 Å². The van der Waals surface area contributed by atoms with Gasteiger partial charge >= 0.3 is 0 Å². The molecule has 0 aromatic rings. The largest absolute Gasteiger partial charge is 0.281 e. The molecule has 9 heavy (non-hydrogen) atoms. The molecule has 1 fully saturated rings. The van der Waals surface area contributed by atoms with Gasteiger partial charge in [0.1, 0.15) is 0 Å². The lowest BCUT2D eigenvalue weighted by molar-refractivity contribution is 0.486. The summed E-state index contributed by atoms with van der Waals surface area (Å²) in [5.41, 5.74) is 0. The maximum Gasteiger partial charge on any atom is 0.281 e. The van der Waals surface area contributed by atoms with Crippen molar-refractivity contribution in [3.05, 3.63) is 0 Å². The second-order valence-electron chi connectivity index (χ2n) is 2.19. The van der Waals surface area contributed by atoms with Crippen LogP contribution in [0, 0.1) is 0 Å². The number of nitrogens with zero attached hydrogens (tertiary/aromatic N) is 2. The average Bonchev–Trinajstić information content (AvgIpc) is 2.42. The van der Waals surface area contributed by atoms with Crippen LogP contribution in [0.25, 0.3) is 0 Å². The highest BCUT2D eigenvalue weighted by molar-refractivity contribution is 7.86. The Labute approximate surface area is 55.2 Å². The van der Waals surface area contributed by atoms with Crippen molar-refractivity contribution < 1.29 is 8.42 Å². The van der Waals surface area contributed by atoms with Gasteiger partial charge in [-0.3, -0.25) is 0 Å². The molecule has 0 aromatic heterocycles. The highest BCUT2D eigenvalue weighted by Crippen LogP contribution is 2.12. The van der Waals surface area contributed by atoms with Crippen molar-refractivity contribution in [3.8, 4) is 0 Å². The summed E-state index contributed by atoms with van der Waals surface area (Å²) in [7, 11) is 0.0337. The maximum absolute atomic E-state index is 10.9. The molecule has 0 amide bonds. The molecular weight excluding hydrogens is 140 g/mol. The third-order valence-corrected chi connectivity index (χ3v) is 3.13.